The van der Waals surface area contributed by atoms with E-state index in [0.29, 0.717) is 44.3 Å². The summed E-state index contributed by atoms with van der Waals surface area (Å²) in [6, 6.07) is 1.81. The van der Waals surface area contributed by atoms with Gasteiger partial charge in [0, 0.05) is 44.5 Å². The Labute approximate surface area is 255 Å². The second-order valence-corrected chi connectivity index (χ2v) is 13.5. The van der Waals surface area contributed by atoms with Crippen LogP contribution in [0.5, 0.6) is 0 Å². The molecule has 1 aliphatic rings. The SMILES string of the molecule is CCC(=O)SCCOCCOP(OC1C(CC(C)C)OC(n2ccc(NC(C)=O)nc2=O)C1OC)N(C(C)C)C(C)C. The van der Waals surface area contributed by atoms with Crippen molar-refractivity contribution >= 4 is 37.1 Å². The number of nitrogens with zero attached hydrogens (tertiary/aromatic N) is 3. The Bertz CT molecular complexity index is 1040. The van der Waals surface area contributed by atoms with Crippen LogP contribution in [0.15, 0.2) is 17.1 Å². The molecule has 0 aliphatic carbocycles. The molecule has 5 atom stereocenters. The third kappa shape index (κ3) is 11.2. The zero-order chi connectivity index (χ0) is 31.4. The lowest BCUT2D eigenvalue weighted by Gasteiger charge is -2.38. The van der Waals surface area contributed by atoms with Gasteiger partial charge in [-0.3, -0.25) is 14.2 Å². The van der Waals surface area contributed by atoms with Crippen LogP contribution < -0.4 is 11.0 Å². The number of hydrogen-bond acceptors (Lipinski definition) is 11. The molecule has 1 aromatic heterocycles. The van der Waals surface area contributed by atoms with E-state index in [2.05, 4.69) is 56.5 Å². The van der Waals surface area contributed by atoms with Crippen LogP contribution in [0, 0.1) is 5.92 Å². The maximum absolute atomic E-state index is 13.0. The molecule has 0 saturated carbocycles. The van der Waals surface area contributed by atoms with Gasteiger partial charge in [0.15, 0.2) is 11.3 Å². The van der Waals surface area contributed by atoms with Crippen molar-refractivity contribution in [1.29, 1.82) is 0 Å². The van der Waals surface area contributed by atoms with Crippen molar-refractivity contribution in [3.63, 3.8) is 0 Å². The number of amides is 1. The van der Waals surface area contributed by atoms with E-state index >= 15 is 0 Å². The summed E-state index contributed by atoms with van der Waals surface area (Å²) in [5.41, 5.74) is -0.572. The van der Waals surface area contributed by atoms with Gasteiger partial charge in [0.05, 0.1) is 25.9 Å². The van der Waals surface area contributed by atoms with E-state index in [1.807, 2.05) is 6.92 Å². The van der Waals surface area contributed by atoms with Gasteiger partial charge in [-0.05, 0) is 46.1 Å². The number of thioether (sulfide) groups is 1. The molecule has 1 amide bonds. The highest BCUT2D eigenvalue weighted by atomic mass is 32.2. The number of aromatic nitrogens is 2. The molecule has 14 heteroatoms. The average Bonchev–Trinajstić information content (AvgIpc) is 3.22. The highest BCUT2D eigenvalue weighted by molar-refractivity contribution is 8.13. The lowest BCUT2D eigenvalue weighted by molar-refractivity contribution is -0.114. The van der Waals surface area contributed by atoms with Gasteiger partial charge in [0.25, 0.3) is 8.53 Å². The summed E-state index contributed by atoms with van der Waals surface area (Å²) in [6.45, 7) is 16.9. The number of carbonyl (C=O) groups excluding carboxylic acids is 2. The van der Waals surface area contributed by atoms with E-state index < -0.39 is 32.7 Å². The summed E-state index contributed by atoms with van der Waals surface area (Å²) >= 11 is 1.28. The van der Waals surface area contributed by atoms with Crippen molar-refractivity contribution in [3.8, 4) is 0 Å². The van der Waals surface area contributed by atoms with Crippen LogP contribution in [0.4, 0.5) is 5.82 Å². The molecule has 1 N–H and O–H groups in total. The van der Waals surface area contributed by atoms with Crippen LogP contribution in [0.25, 0.3) is 0 Å². The number of anilines is 1. The summed E-state index contributed by atoms with van der Waals surface area (Å²) in [7, 11) is 0.00699. The quantitative estimate of drug-likeness (QED) is 0.180. The first-order valence-electron chi connectivity index (χ1n) is 14.6. The zero-order valence-electron chi connectivity index (χ0n) is 26.4. The van der Waals surface area contributed by atoms with Gasteiger partial charge in [0.2, 0.25) is 5.91 Å². The van der Waals surface area contributed by atoms with E-state index in [4.69, 9.17) is 23.3 Å². The van der Waals surface area contributed by atoms with E-state index in [9.17, 15) is 14.4 Å². The number of carbonyl (C=O) groups is 2. The van der Waals surface area contributed by atoms with E-state index in [1.165, 1.54) is 23.3 Å². The Hall–Kier alpha value is -1.44. The van der Waals surface area contributed by atoms with Gasteiger partial charge >= 0.3 is 5.69 Å². The van der Waals surface area contributed by atoms with Crippen LogP contribution in [0.1, 0.15) is 74.5 Å². The van der Waals surface area contributed by atoms with Crippen LogP contribution in [0.3, 0.4) is 0 Å². The lowest BCUT2D eigenvalue weighted by Crippen LogP contribution is -2.41. The Morgan fingerprint density at radius 2 is 1.83 bits per heavy atom. The van der Waals surface area contributed by atoms with Crippen LogP contribution in [-0.2, 0) is 32.8 Å². The molecular formula is C28H49N4O8PS. The highest BCUT2D eigenvalue weighted by Gasteiger charge is 2.49. The number of rotatable bonds is 18. The minimum atomic E-state index is -1.56. The number of ether oxygens (including phenoxy) is 3. The molecule has 2 rings (SSSR count). The fraction of sp³-hybridized carbons (Fsp3) is 0.786. The number of hydrogen-bond donors (Lipinski definition) is 1. The van der Waals surface area contributed by atoms with Crippen LogP contribution in [-0.4, -0.2) is 88.3 Å². The lowest BCUT2D eigenvalue weighted by atomic mass is 10.0. The normalized spacial score (nSPS) is 21.5. The van der Waals surface area contributed by atoms with Gasteiger partial charge in [0.1, 0.15) is 18.0 Å². The van der Waals surface area contributed by atoms with E-state index in [0.717, 1.165) is 0 Å². The number of methoxy groups -OCH3 is 1. The molecule has 42 heavy (non-hydrogen) atoms. The molecule has 0 aromatic carbocycles. The Morgan fingerprint density at radius 3 is 2.38 bits per heavy atom. The predicted octanol–water partition coefficient (Wildman–Crippen LogP) is 4.59. The van der Waals surface area contributed by atoms with E-state index in [1.54, 1.807) is 19.4 Å². The second kappa shape index (κ2) is 18.4. The third-order valence-electron chi connectivity index (χ3n) is 6.34. The maximum atomic E-state index is 13.0. The van der Waals surface area contributed by atoms with Gasteiger partial charge in [-0.15, -0.1) is 0 Å². The van der Waals surface area contributed by atoms with Crippen molar-refractivity contribution in [2.75, 3.05) is 38.0 Å². The molecule has 2 heterocycles. The number of nitrogens with one attached hydrogen (secondary N) is 1. The molecule has 1 aliphatic heterocycles. The molecular weight excluding hydrogens is 583 g/mol. The first kappa shape index (κ1) is 36.8. The Balaban J connectivity index is 2.26. The molecule has 0 spiro atoms. The van der Waals surface area contributed by atoms with Gasteiger partial charge in [-0.2, -0.15) is 4.98 Å². The fourth-order valence-electron chi connectivity index (χ4n) is 4.64. The molecule has 12 nitrogen and oxygen atoms in total. The molecule has 240 valence electrons. The Morgan fingerprint density at radius 1 is 1.14 bits per heavy atom. The average molecular weight is 633 g/mol. The van der Waals surface area contributed by atoms with Gasteiger partial charge in [-0.1, -0.05) is 32.5 Å². The van der Waals surface area contributed by atoms with Crippen molar-refractivity contribution in [2.45, 2.75) is 105 Å². The van der Waals surface area contributed by atoms with Crippen molar-refractivity contribution in [3.05, 3.63) is 22.7 Å². The van der Waals surface area contributed by atoms with Gasteiger partial charge < -0.3 is 28.6 Å². The monoisotopic (exact) mass is 632 g/mol. The third-order valence-corrected chi connectivity index (χ3v) is 9.45. The molecule has 1 fully saturated rings. The highest BCUT2D eigenvalue weighted by Crippen LogP contribution is 2.50. The van der Waals surface area contributed by atoms with Crippen LogP contribution in [0.2, 0.25) is 0 Å². The molecule has 5 unspecified atom stereocenters. The van der Waals surface area contributed by atoms with Crippen molar-refractivity contribution < 1.29 is 32.8 Å². The first-order valence-corrected chi connectivity index (χ1v) is 16.7. The molecule has 1 aromatic rings. The standard InChI is InChI=1S/C28H49N4O8PS/c1-10-24(34)42-16-15-37-13-14-38-41(32(19(4)5)20(6)7)40-25-22(17-18(2)3)39-27(26(25)36-9)31-12-11-23(29-21(8)33)30-28(31)35/h11-12,18-20,22,25-27H,10,13-17H2,1-9H3,(H,29,30,33,35). The summed E-state index contributed by atoms with van der Waals surface area (Å²) < 4.78 is 34.8. The van der Waals surface area contributed by atoms with Gasteiger partial charge in [-0.25, -0.2) is 9.46 Å². The minimum Gasteiger partial charge on any atom is -0.378 e. The summed E-state index contributed by atoms with van der Waals surface area (Å²) in [6.07, 6.45) is 0.411. The fourth-order valence-corrected chi connectivity index (χ4v) is 7.03. The van der Waals surface area contributed by atoms with Crippen LogP contribution >= 0.6 is 20.3 Å². The van der Waals surface area contributed by atoms with Crippen molar-refractivity contribution in [2.24, 2.45) is 5.92 Å². The first-order chi connectivity index (χ1) is 19.9. The van der Waals surface area contributed by atoms with E-state index in [-0.39, 0.29) is 35.0 Å². The molecule has 1 saturated heterocycles. The topological polar surface area (TPSA) is 130 Å². The smallest absolute Gasteiger partial charge is 0.351 e. The Kier molecular flexibility index (Phi) is 16.1. The zero-order valence-corrected chi connectivity index (χ0v) is 28.1. The van der Waals surface area contributed by atoms with Crippen molar-refractivity contribution in [1.82, 2.24) is 14.2 Å². The summed E-state index contributed by atoms with van der Waals surface area (Å²) in [4.78, 5) is 39.9. The molecule has 0 bridgehead atoms. The summed E-state index contributed by atoms with van der Waals surface area (Å²) in [5, 5.41) is 2.68. The maximum Gasteiger partial charge on any atom is 0.351 e. The minimum absolute atomic E-state index is 0.129. The predicted molar refractivity (Wildman–Crippen MR) is 165 cm³/mol. The molecule has 0 radical (unpaired) electrons. The largest absolute Gasteiger partial charge is 0.378 e. The summed E-state index contributed by atoms with van der Waals surface area (Å²) in [5.74, 6) is 0.746. The second-order valence-electron chi connectivity index (χ2n) is 11.0.